The Morgan fingerprint density at radius 1 is 1.24 bits per heavy atom. The molecular formula is C18H15FO6. The second kappa shape index (κ2) is 6.43. The van der Waals surface area contributed by atoms with Crippen LogP contribution in [0.2, 0.25) is 0 Å². The molecule has 1 N–H and O–H groups in total. The zero-order valence-electron chi connectivity index (χ0n) is 13.5. The fourth-order valence-corrected chi connectivity index (χ4v) is 2.83. The highest BCUT2D eigenvalue weighted by molar-refractivity contribution is 6.02. The summed E-state index contributed by atoms with van der Waals surface area (Å²) < 4.78 is 29.0. The molecule has 0 saturated carbocycles. The van der Waals surface area contributed by atoms with Crippen LogP contribution in [-0.2, 0) is 4.74 Å². The second-order valence-corrected chi connectivity index (χ2v) is 5.45. The predicted molar refractivity (Wildman–Crippen MR) is 84.7 cm³/mol. The maximum absolute atomic E-state index is 13.3. The van der Waals surface area contributed by atoms with E-state index in [0.29, 0.717) is 11.3 Å². The second-order valence-electron chi connectivity index (χ2n) is 5.45. The molecule has 1 aliphatic rings. The molecule has 6 nitrogen and oxygen atoms in total. The molecule has 0 bridgehead atoms. The Morgan fingerprint density at radius 2 is 2.00 bits per heavy atom. The maximum atomic E-state index is 13.3. The van der Waals surface area contributed by atoms with Crippen molar-refractivity contribution in [3.05, 3.63) is 52.8 Å². The number of cyclic esters (lactones) is 1. The molecule has 0 fully saturated rings. The van der Waals surface area contributed by atoms with Gasteiger partial charge in [-0.1, -0.05) is 6.07 Å². The van der Waals surface area contributed by atoms with Crippen LogP contribution in [0.25, 0.3) is 0 Å². The van der Waals surface area contributed by atoms with E-state index in [9.17, 15) is 19.1 Å². The van der Waals surface area contributed by atoms with Crippen molar-refractivity contribution in [1.29, 1.82) is 0 Å². The van der Waals surface area contributed by atoms with Crippen molar-refractivity contribution >= 4 is 11.8 Å². The molecule has 1 atom stereocenters. The highest BCUT2D eigenvalue weighted by Crippen LogP contribution is 2.43. The smallest absolute Gasteiger partial charge is 0.343 e. The molecule has 1 heterocycles. The number of methoxy groups -OCH3 is 2. The van der Waals surface area contributed by atoms with Crippen molar-refractivity contribution < 1.29 is 33.3 Å². The summed E-state index contributed by atoms with van der Waals surface area (Å²) >= 11 is 0. The van der Waals surface area contributed by atoms with Crippen molar-refractivity contribution in [2.75, 3.05) is 14.2 Å². The number of ketones is 1. The van der Waals surface area contributed by atoms with Crippen molar-refractivity contribution in [1.82, 2.24) is 0 Å². The summed E-state index contributed by atoms with van der Waals surface area (Å²) in [6, 6.07) is 6.32. The van der Waals surface area contributed by atoms with Crippen molar-refractivity contribution in [3.63, 3.8) is 0 Å². The summed E-state index contributed by atoms with van der Waals surface area (Å²) in [5.74, 6) is -1.55. The van der Waals surface area contributed by atoms with Crippen LogP contribution in [0.4, 0.5) is 4.39 Å². The number of rotatable bonds is 5. The third-order valence-corrected chi connectivity index (χ3v) is 4.01. The predicted octanol–water partition coefficient (Wildman–Crippen LogP) is 3.03. The van der Waals surface area contributed by atoms with Crippen LogP contribution in [0.15, 0.2) is 30.3 Å². The molecule has 0 spiro atoms. The number of Topliss-reactive ketones (excluding diaryl/α,β-unsaturated/α-hetero) is 1. The van der Waals surface area contributed by atoms with E-state index in [1.165, 1.54) is 14.2 Å². The molecule has 7 heteroatoms. The van der Waals surface area contributed by atoms with Crippen LogP contribution < -0.4 is 9.47 Å². The Morgan fingerprint density at radius 3 is 2.68 bits per heavy atom. The lowest BCUT2D eigenvalue weighted by Crippen LogP contribution is -2.08. The van der Waals surface area contributed by atoms with Gasteiger partial charge >= 0.3 is 5.97 Å². The van der Waals surface area contributed by atoms with Gasteiger partial charge in [-0.25, -0.2) is 9.18 Å². The SMILES string of the molecule is COc1ccc2c(c1OC)C(=O)O[C@@H]2CC(=O)c1cc(F)ccc1O. The fourth-order valence-electron chi connectivity index (χ4n) is 2.83. The Kier molecular flexibility index (Phi) is 4.31. The number of fused-ring (bicyclic) bond motifs is 1. The van der Waals surface area contributed by atoms with Crippen LogP contribution in [0.3, 0.4) is 0 Å². The van der Waals surface area contributed by atoms with E-state index < -0.39 is 23.7 Å². The molecule has 2 aromatic rings. The van der Waals surface area contributed by atoms with Crippen molar-refractivity contribution in [3.8, 4) is 17.2 Å². The van der Waals surface area contributed by atoms with Gasteiger partial charge in [0.25, 0.3) is 0 Å². The molecule has 3 rings (SSSR count). The number of halogens is 1. The Bertz CT molecular complexity index is 861. The monoisotopic (exact) mass is 346 g/mol. The molecule has 0 radical (unpaired) electrons. The van der Waals surface area contributed by atoms with E-state index in [-0.39, 0.29) is 29.0 Å². The normalized spacial score (nSPS) is 15.5. The van der Waals surface area contributed by atoms with Gasteiger partial charge in [0.1, 0.15) is 23.2 Å². The first-order valence-corrected chi connectivity index (χ1v) is 7.43. The standard InChI is InChI=1S/C18H15FO6/c1-23-14-6-4-10-15(25-18(22)16(10)17(14)24-2)8-13(21)11-7-9(19)3-5-12(11)20/h3-7,15,20H,8H2,1-2H3/t15-/m1/s1. The first kappa shape index (κ1) is 16.8. The van der Waals surface area contributed by atoms with Gasteiger partial charge in [-0.2, -0.15) is 0 Å². The number of esters is 1. The summed E-state index contributed by atoms with van der Waals surface area (Å²) in [5.41, 5.74) is 0.514. The summed E-state index contributed by atoms with van der Waals surface area (Å²) in [7, 11) is 2.84. The van der Waals surface area contributed by atoms with Gasteiger partial charge in [-0.05, 0) is 24.3 Å². The maximum Gasteiger partial charge on any atom is 0.343 e. The van der Waals surface area contributed by atoms with Gasteiger partial charge < -0.3 is 19.3 Å². The number of phenolic OH excluding ortho intramolecular Hbond substituents is 1. The van der Waals surface area contributed by atoms with Gasteiger partial charge in [0.2, 0.25) is 0 Å². The van der Waals surface area contributed by atoms with E-state index >= 15 is 0 Å². The first-order valence-electron chi connectivity index (χ1n) is 7.43. The average Bonchev–Trinajstić information content (AvgIpc) is 2.91. The molecule has 25 heavy (non-hydrogen) atoms. The molecule has 130 valence electrons. The van der Waals surface area contributed by atoms with E-state index in [0.717, 1.165) is 18.2 Å². The molecule has 1 aliphatic heterocycles. The minimum absolute atomic E-state index is 0.162. The average molecular weight is 346 g/mol. The molecule has 0 saturated heterocycles. The first-order chi connectivity index (χ1) is 12.0. The number of aromatic hydroxyl groups is 1. The van der Waals surface area contributed by atoms with Crippen molar-refractivity contribution in [2.45, 2.75) is 12.5 Å². The van der Waals surface area contributed by atoms with Crippen LogP contribution in [0, 0.1) is 5.82 Å². The van der Waals surface area contributed by atoms with Crippen molar-refractivity contribution in [2.24, 2.45) is 0 Å². The van der Waals surface area contributed by atoms with E-state index in [1.807, 2.05) is 0 Å². The highest BCUT2D eigenvalue weighted by atomic mass is 19.1. The topological polar surface area (TPSA) is 82.1 Å². The zero-order valence-corrected chi connectivity index (χ0v) is 13.5. The number of carbonyl (C=O) groups excluding carboxylic acids is 2. The lowest BCUT2D eigenvalue weighted by Gasteiger charge is -2.12. The molecular weight excluding hydrogens is 331 g/mol. The quantitative estimate of drug-likeness (QED) is 0.662. The minimum atomic E-state index is -0.850. The van der Waals surface area contributed by atoms with E-state index in [2.05, 4.69) is 0 Å². The Balaban J connectivity index is 1.93. The fraction of sp³-hybridized carbons (Fsp3) is 0.222. The number of hydrogen-bond donors (Lipinski definition) is 1. The third kappa shape index (κ3) is 2.88. The van der Waals surface area contributed by atoms with Gasteiger partial charge in [-0.15, -0.1) is 0 Å². The summed E-state index contributed by atoms with van der Waals surface area (Å²) in [6.45, 7) is 0. The Hall–Kier alpha value is -3.09. The molecule has 0 aliphatic carbocycles. The van der Waals surface area contributed by atoms with Gasteiger partial charge in [0, 0.05) is 5.56 Å². The largest absolute Gasteiger partial charge is 0.507 e. The summed E-state index contributed by atoms with van der Waals surface area (Å²) in [6.07, 6.45) is -1.08. The molecule has 0 aromatic heterocycles. The van der Waals surface area contributed by atoms with Gasteiger partial charge in [-0.3, -0.25) is 4.79 Å². The number of benzene rings is 2. The number of phenols is 1. The van der Waals surface area contributed by atoms with E-state index in [1.54, 1.807) is 12.1 Å². The number of ether oxygens (including phenoxy) is 3. The lowest BCUT2D eigenvalue weighted by molar-refractivity contribution is 0.0365. The van der Waals surface area contributed by atoms with Crippen LogP contribution in [-0.4, -0.2) is 31.1 Å². The van der Waals surface area contributed by atoms with Crippen LogP contribution in [0.5, 0.6) is 17.2 Å². The molecule has 0 amide bonds. The van der Waals surface area contributed by atoms with Gasteiger partial charge in [0.15, 0.2) is 17.3 Å². The number of hydrogen-bond acceptors (Lipinski definition) is 6. The van der Waals surface area contributed by atoms with E-state index in [4.69, 9.17) is 14.2 Å². The zero-order chi connectivity index (χ0) is 18.1. The third-order valence-electron chi connectivity index (χ3n) is 4.01. The minimum Gasteiger partial charge on any atom is -0.507 e. The van der Waals surface area contributed by atoms with Crippen LogP contribution in [0.1, 0.15) is 38.8 Å². The Labute approximate surface area is 142 Å². The molecule has 2 aromatic carbocycles. The van der Waals surface area contributed by atoms with Gasteiger partial charge in [0.05, 0.1) is 26.2 Å². The number of carbonyl (C=O) groups is 2. The summed E-state index contributed by atoms with van der Waals surface area (Å²) in [5, 5.41) is 9.75. The highest BCUT2D eigenvalue weighted by Gasteiger charge is 2.37. The molecule has 0 unspecified atom stereocenters. The lowest BCUT2D eigenvalue weighted by atomic mass is 9.97. The summed E-state index contributed by atoms with van der Waals surface area (Å²) in [4.78, 5) is 24.6. The van der Waals surface area contributed by atoms with Crippen LogP contribution >= 0.6 is 0 Å².